The Kier molecular flexibility index (Phi) is 2.60. The number of halogens is 2. The number of hydrogen-bond donors (Lipinski definition) is 0. The Hall–Kier alpha value is 0.0600. The van der Waals surface area contributed by atoms with Crippen LogP contribution < -0.4 is 0 Å². The minimum Gasteiger partial charge on any atom is -0.116 e. The molecule has 1 rings (SSSR count). The second-order valence-corrected chi connectivity index (χ2v) is 4.83. The fourth-order valence-corrected chi connectivity index (χ4v) is 1.93. The van der Waals surface area contributed by atoms with Crippen LogP contribution in [-0.2, 0) is 0 Å². The Morgan fingerprint density at radius 1 is 1.33 bits per heavy atom. The topological polar surface area (TPSA) is 0 Å². The average Bonchev–Trinajstić information content (AvgIpc) is 1.99. The molecule has 2 heteroatoms. The van der Waals surface area contributed by atoms with Crippen LogP contribution in [0.1, 0.15) is 27.7 Å². The summed E-state index contributed by atoms with van der Waals surface area (Å²) in [6, 6.07) is 0. The summed E-state index contributed by atoms with van der Waals surface area (Å²) in [6.07, 6.45) is 2.02. The van der Waals surface area contributed by atoms with Crippen molar-refractivity contribution in [2.24, 2.45) is 0 Å². The molecule has 0 N–H and O–H groups in total. The van der Waals surface area contributed by atoms with Gasteiger partial charge in [0.2, 0.25) is 0 Å². The van der Waals surface area contributed by atoms with Crippen LogP contribution in [0, 0.1) is 0 Å². The van der Waals surface area contributed by atoms with E-state index < -0.39 is 4.87 Å². The van der Waals surface area contributed by atoms with Crippen LogP contribution in [0.2, 0.25) is 0 Å². The van der Waals surface area contributed by atoms with Crippen LogP contribution >= 0.6 is 23.2 Å². The molecule has 0 fully saturated rings. The van der Waals surface area contributed by atoms with E-state index in [1.807, 2.05) is 19.9 Å². The lowest BCUT2D eigenvalue weighted by atomic mass is 9.85. The van der Waals surface area contributed by atoms with Crippen molar-refractivity contribution in [1.82, 2.24) is 0 Å². The lowest BCUT2D eigenvalue weighted by Crippen LogP contribution is -2.33. The monoisotopic (exact) mass is 204 g/mol. The molecule has 2 unspecified atom stereocenters. The van der Waals surface area contributed by atoms with Gasteiger partial charge in [-0.1, -0.05) is 11.6 Å². The van der Waals surface area contributed by atoms with Gasteiger partial charge in [-0.15, -0.1) is 23.2 Å². The maximum absolute atomic E-state index is 6.30. The summed E-state index contributed by atoms with van der Waals surface area (Å²) in [5.74, 6) is 0. The molecular formula is C10H14Cl2. The SMILES string of the molecule is CC1=CC(Cl)C(C)(Cl)C(C)=C1C. The summed E-state index contributed by atoms with van der Waals surface area (Å²) in [7, 11) is 0. The van der Waals surface area contributed by atoms with E-state index >= 15 is 0 Å². The van der Waals surface area contributed by atoms with Gasteiger partial charge in [-0.05, 0) is 38.8 Å². The van der Waals surface area contributed by atoms with Gasteiger partial charge < -0.3 is 0 Å². The minimum atomic E-state index is -0.412. The fraction of sp³-hybridized carbons (Fsp3) is 0.600. The Bertz CT molecular complexity index is 259. The summed E-state index contributed by atoms with van der Waals surface area (Å²) in [5.41, 5.74) is 3.69. The van der Waals surface area contributed by atoms with Gasteiger partial charge in [-0.2, -0.15) is 0 Å². The fourth-order valence-electron chi connectivity index (χ4n) is 1.37. The largest absolute Gasteiger partial charge is 0.116 e. The molecule has 0 aromatic heterocycles. The summed E-state index contributed by atoms with van der Waals surface area (Å²) >= 11 is 12.4. The maximum Gasteiger partial charge on any atom is 0.0828 e. The van der Waals surface area contributed by atoms with E-state index in [2.05, 4.69) is 13.8 Å². The lowest BCUT2D eigenvalue weighted by molar-refractivity contribution is 0.721. The average molecular weight is 205 g/mol. The molecule has 1 aliphatic rings. The van der Waals surface area contributed by atoms with Crippen LogP contribution in [-0.4, -0.2) is 10.3 Å². The highest BCUT2D eigenvalue weighted by Gasteiger charge is 2.35. The van der Waals surface area contributed by atoms with Gasteiger partial charge in [-0.25, -0.2) is 0 Å². The number of alkyl halides is 2. The minimum absolute atomic E-state index is 0.0946. The predicted molar refractivity (Wildman–Crippen MR) is 56.0 cm³/mol. The second-order valence-electron chi connectivity index (χ2n) is 3.58. The zero-order chi connectivity index (χ0) is 9.52. The van der Waals surface area contributed by atoms with E-state index in [-0.39, 0.29) is 5.38 Å². The summed E-state index contributed by atoms with van der Waals surface area (Å²) in [5, 5.41) is -0.0946. The molecular weight excluding hydrogens is 191 g/mol. The van der Waals surface area contributed by atoms with E-state index in [0.29, 0.717) is 0 Å². The molecule has 0 heterocycles. The van der Waals surface area contributed by atoms with Crippen molar-refractivity contribution in [3.63, 3.8) is 0 Å². The molecule has 0 amide bonds. The Balaban J connectivity index is 3.18. The molecule has 0 aliphatic heterocycles. The highest BCUT2D eigenvalue weighted by Crippen LogP contribution is 2.40. The summed E-state index contributed by atoms with van der Waals surface area (Å²) in [6.45, 7) is 8.17. The van der Waals surface area contributed by atoms with Crippen molar-refractivity contribution in [2.45, 2.75) is 37.9 Å². The van der Waals surface area contributed by atoms with Crippen LogP contribution in [0.4, 0.5) is 0 Å². The third-order valence-electron chi connectivity index (χ3n) is 2.80. The van der Waals surface area contributed by atoms with Gasteiger partial charge in [0, 0.05) is 0 Å². The Morgan fingerprint density at radius 2 is 1.83 bits per heavy atom. The normalized spacial score (nSPS) is 36.8. The molecule has 0 bridgehead atoms. The van der Waals surface area contributed by atoms with Crippen LogP contribution in [0.15, 0.2) is 22.8 Å². The molecule has 0 radical (unpaired) electrons. The maximum atomic E-state index is 6.30. The van der Waals surface area contributed by atoms with E-state index in [0.717, 1.165) is 0 Å². The molecule has 0 saturated heterocycles. The van der Waals surface area contributed by atoms with Crippen molar-refractivity contribution in [1.29, 1.82) is 0 Å². The van der Waals surface area contributed by atoms with E-state index in [1.54, 1.807) is 0 Å². The lowest BCUT2D eigenvalue weighted by Gasteiger charge is -2.33. The number of hydrogen-bond acceptors (Lipinski definition) is 0. The van der Waals surface area contributed by atoms with Crippen LogP contribution in [0.5, 0.6) is 0 Å². The predicted octanol–water partition coefficient (Wildman–Crippen LogP) is 3.89. The molecule has 0 saturated carbocycles. The van der Waals surface area contributed by atoms with Gasteiger partial charge in [0.25, 0.3) is 0 Å². The molecule has 2 atom stereocenters. The van der Waals surface area contributed by atoms with Crippen molar-refractivity contribution < 1.29 is 0 Å². The van der Waals surface area contributed by atoms with Crippen molar-refractivity contribution in [3.05, 3.63) is 22.8 Å². The molecule has 0 spiro atoms. The zero-order valence-corrected chi connectivity index (χ0v) is 9.42. The molecule has 0 nitrogen and oxygen atoms in total. The van der Waals surface area contributed by atoms with Crippen molar-refractivity contribution in [2.75, 3.05) is 0 Å². The van der Waals surface area contributed by atoms with Gasteiger partial charge in [0.1, 0.15) is 0 Å². The first-order chi connectivity index (χ1) is 5.37. The zero-order valence-electron chi connectivity index (χ0n) is 7.91. The Morgan fingerprint density at radius 3 is 2.33 bits per heavy atom. The molecule has 12 heavy (non-hydrogen) atoms. The summed E-state index contributed by atoms with van der Waals surface area (Å²) in [4.78, 5) is -0.412. The van der Waals surface area contributed by atoms with E-state index in [9.17, 15) is 0 Å². The van der Waals surface area contributed by atoms with E-state index in [1.165, 1.54) is 16.7 Å². The Labute approximate surface area is 84.2 Å². The molecule has 68 valence electrons. The summed E-state index contributed by atoms with van der Waals surface area (Å²) < 4.78 is 0. The highest BCUT2D eigenvalue weighted by molar-refractivity contribution is 6.34. The van der Waals surface area contributed by atoms with Gasteiger partial charge in [0.05, 0.1) is 10.3 Å². The first-order valence-corrected chi connectivity index (χ1v) is 4.88. The number of allylic oxidation sites excluding steroid dienone is 4. The number of rotatable bonds is 0. The van der Waals surface area contributed by atoms with Crippen LogP contribution in [0.25, 0.3) is 0 Å². The third-order valence-corrected chi connectivity index (χ3v) is 3.99. The smallest absolute Gasteiger partial charge is 0.0828 e. The van der Waals surface area contributed by atoms with Crippen molar-refractivity contribution >= 4 is 23.2 Å². The first kappa shape index (κ1) is 10.1. The molecule has 0 aromatic carbocycles. The van der Waals surface area contributed by atoms with Crippen molar-refractivity contribution in [3.8, 4) is 0 Å². The van der Waals surface area contributed by atoms with Crippen LogP contribution in [0.3, 0.4) is 0 Å². The third kappa shape index (κ3) is 1.43. The molecule has 0 aromatic rings. The highest BCUT2D eigenvalue weighted by atomic mass is 35.5. The van der Waals surface area contributed by atoms with Gasteiger partial charge in [0.15, 0.2) is 0 Å². The first-order valence-electron chi connectivity index (χ1n) is 4.07. The van der Waals surface area contributed by atoms with Gasteiger partial charge >= 0.3 is 0 Å². The quantitative estimate of drug-likeness (QED) is 0.526. The second kappa shape index (κ2) is 3.08. The molecule has 1 aliphatic carbocycles. The van der Waals surface area contributed by atoms with Gasteiger partial charge in [-0.3, -0.25) is 0 Å². The standard InChI is InChI=1S/C10H14Cl2/c1-6-5-9(11)10(4,12)8(3)7(6)2/h5,9H,1-4H3. The van der Waals surface area contributed by atoms with E-state index in [4.69, 9.17) is 23.2 Å².